The zero-order valence-corrected chi connectivity index (χ0v) is 15.8. The van der Waals surface area contributed by atoms with Gasteiger partial charge in [0.25, 0.3) is 0 Å². The summed E-state index contributed by atoms with van der Waals surface area (Å²) in [6.07, 6.45) is 5.22. The summed E-state index contributed by atoms with van der Waals surface area (Å²) in [5, 5.41) is 3.88. The predicted octanol–water partition coefficient (Wildman–Crippen LogP) is 4.07. The number of nitrogens with zero attached hydrogens (tertiary/aromatic N) is 4. The molecule has 0 bridgehead atoms. The van der Waals surface area contributed by atoms with Crippen LogP contribution in [-0.4, -0.2) is 20.1 Å². The van der Waals surface area contributed by atoms with E-state index >= 15 is 0 Å². The fourth-order valence-electron chi connectivity index (χ4n) is 2.68. The van der Waals surface area contributed by atoms with Gasteiger partial charge in [-0.3, -0.25) is 0 Å². The minimum absolute atomic E-state index is 0.000397. The average molecular weight is 412 g/mol. The van der Waals surface area contributed by atoms with Gasteiger partial charge < -0.3 is 15.0 Å². The number of aromatic nitrogens is 4. The van der Waals surface area contributed by atoms with E-state index in [1.165, 1.54) is 12.3 Å². The van der Waals surface area contributed by atoms with Gasteiger partial charge in [0, 0.05) is 42.7 Å². The standard InChI is InChI=1S/C20H15ClFN5O2/c21-19-18(22)13(5-7-24-19)11-28-17-4-3-12(10-26-17)8-14-9-16(29-27-14)15-2-1-6-25-20(15)23/h1-7,9-10H,8,11H2,(H2,23,25). The Bertz CT molecular complexity index is 1130. The predicted molar refractivity (Wildman–Crippen MR) is 105 cm³/mol. The summed E-state index contributed by atoms with van der Waals surface area (Å²) in [4.78, 5) is 11.9. The maximum absolute atomic E-state index is 13.8. The van der Waals surface area contributed by atoms with E-state index < -0.39 is 5.82 Å². The van der Waals surface area contributed by atoms with Crippen LogP contribution in [0.15, 0.2) is 59.5 Å². The molecule has 0 aliphatic heterocycles. The Morgan fingerprint density at radius 1 is 1.10 bits per heavy atom. The molecule has 0 saturated heterocycles. The molecule has 4 aromatic rings. The minimum atomic E-state index is -0.595. The van der Waals surface area contributed by atoms with Crippen LogP contribution in [0.25, 0.3) is 11.3 Å². The second-order valence-corrected chi connectivity index (χ2v) is 6.52. The van der Waals surface area contributed by atoms with Gasteiger partial charge in [0.2, 0.25) is 5.88 Å². The summed E-state index contributed by atoms with van der Waals surface area (Å²) >= 11 is 5.66. The van der Waals surface area contributed by atoms with E-state index in [0.717, 1.165) is 11.3 Å². The molecule has 2 N–H and O–H groups in total. The van der Waals surface area contributed by atoms with Crippen molar-refractivity contribution in [3.63, 3.8) is 0 Å². The van der Waals surface area contributed by atoms with Crippen LogP contribution in [0.5, 0.6) is 5.88 Å². The molecular weight excluding hydrogens is 397 g/mol. The molecule has 4 heterocycles. The van der Waals surface area contributed by atoms with Crippen LogP contribution in [0, 0.1) is 5.82 Å². The molecule has 4 rings (SSSR count). The summed E-state index contributed by atoms with van der Waals surface area (Å²) in [5.74, 6) is 0.703. The molecule has 0 aliphatic rings. The highest BCUT2D eigenvalue weighted by Gasteiger charge is 2.11. The van der Waals surface area contributed by atoms with Gasteiger partial charge in [0.1, 0.15) is 12.4 Å². The van der Waals surface area contributed by atoms with E-state index in [2.05, 4.69) is 20.1 Å². The first-order valence-electron chi connectivity index (χ1n) is 8.63. The van der Waals surface area contributed by atoms with Crippen molar-refractivity contribution >= 4 is 17.4 Å². The van der Waals surface area contributed by atoms with Crippen LogP contribution in [0.1, 0.15) is 16.8 Å². The highest BCUT2D eigenvalue weighted by Crippen LogP contribution is 2.25. The van der Waals surface area contributed by atoms with Gasteiger partial charge in [-0.15, -0.1) is 0 Å². The molecule has 0 radical (unpaired) electrons. The maximum atomic E-state index is 13.8. The summed E-state index contributed by atoms with van der Waals surface area (Å²) in [5.41, 5.74) is 8.50. The number of ether oxygens (including phenoxy) is 1. The van der Waals surface area contributed by atoms with Gasteiger partial charge in [-0.05, 0) is 23.8 Å². The lowest BCUT2D eigenvalue weighted by Gasteiger charge is -2.07. The normalized spacial score (nSPS) is 10.8. The summed E-state index contributed by atoms with van der Waals surface area (Å²) in [6.45, 7) is -0.000397. The topological polar surface area (TPSA) is 100.0 Å². The van der Waals surface area contributed by atoms with E-state index in [1.54, 1.807) is 24.5 Å². The molecule has 0 atom stereocenters. The van der Waals surface area contributed by atoms with Crippen molar-refractivity contribution in [2.24, 2.45) is 0 Å². The van der Waals surface area contributed by atoms with Gasteiger partial charge in [0.15, 0.2) is 16.7 Å². The van der Waals surface area contributed by atoms with E-state index in [0.29, 0.717) is 35.0 Å². The van der Waals surface area contributed by atoms with E-state index in [1.807, 2.05) is 18.2 Å². The fraction of sp³-hybridized carbons (Fsp3) is 0.100. The Morgan fingerprint density at radius 3 is 2.79 bits per heavy atom. The lowest BCUT2D eigenvalue weighted by Crippen LogP contribution is -2.01. The number of pyridine rings is 3. The SMILES string of the molecule is Nc1ncccc1-c1cc(Cc2ccc(OCc3ccnc(Cl)c3F)nc2)no1. The van der Waals surface area contributed by atoms with Crippen LogP contribution in [0.2, 0.25) is 5.15 Å². The van der Waals surface area contributed by atoms with Crippen LogP contribution in [-0.2, 0) is 13.0 Å². The zero-order chi connectivity index (χ0) is 20.2. The summed E-state index contributed by atoms with van der Waals surface area (Å²) in [6, 6.07) is 10.5. The van der Waals surface area contributed by atoms with Crippen LogP contribution >= 0.6 is 11.6 Å². The van der Waals surface area contributed by atoms with Crippen molar-refractivity contribution in [3.8, 4) is 17.2 Å². The highest BCUT2D eigenvalue weighted by molar-refractivity contribution is 6.29. The fourth-order valence-corrected chi connectivity index (χ4v) is 2.85. The molecule has 4 aromatic heterocycles. The van der Waals surface area contributed by atoms with E-state index in [9.17, 15) is 4.39 Å². The number of anilines is 1. The molecule has 0 spiro atoms. The van der Waals surface area contributed by atoms with Gasteiger partial charge >= 0.3 is 0 Å². The quantitative estimate of drug-likeness (QED) is 0.477. The molecular formula is C20H15ClFN5O2. The Labute approximate surface area is 170 Å². The Kier molecular flexibility index (Phi) is 5.35. The second-order valence-electron chi connectivity index (χ2n) is 6.16. The van der Waals surface area contributed by atoms with Crippen molar-refractivity contribution in [1.82, 2.24) is 20.1 Å². The zero-order valence-electron chi connectivity index (χ0n) is 15.0. The first-order chi connectivity index (χ1) is 14.1. The van der Waals surface area contributed by atoms with Crippen molar-refractivity contribution in [2.75, 3.05) is 5.73 Å². The number of rotatable bonds is 6. The number of nitrogens with two attached hydrogens (primary N) is 1. The highest BCUT2D eigenvalue weighted by atomic mass is 35.5. The average Bonchev–Trinajstić information content (AvgIpc) is 3.19. The second kappa shape index (κ2) is 8.24. The van der Waals surface area contributed by atoms with Crippen molar-refractivity contribution < 1.29 is 13.7 Å². The van der Waals surface area contributed by atoms with Crippen molar-refractivity contribution in [2.45, 2.75) is 13.0 Å². The molecule has 0 fully saturated rings. The summed E-state index contributed by atoms with van der Waals surface area (Å²) in [7, 11) is 0. The maximum Gasteiger partial charge on any atom is 0.213 e. The Balaban J connectivity index is 1.40. The Hall–Kier alpha value is -3.52. The molecule has 7 nitrogen and oxygen atoms in total. The molecule has 0 aliphatic carbocycles. The van der Waals surface area contributed by atoms with Crippen LogP contribution in [0.4, 0.5) is 10.2 Å². The molecule has 146 valence electrons. The van der Waals surface area contributed by atoms with E-state index in [4.69, 9.17) is 26.6 Å². The molecule has 0 amide bonds. The van der Waals surface area contributed by atoms with Gasteiger partial charge in [0.05, 0.1) is 11.3 Å². The van der Waals surface area contributed by atoms with Crippen molar-refractivity contribution in [3.05, 3.63) is 82.8 Å². The van der Waals surface area contributed by atoms with Crippen molar-refractivity contribution in [1.29, 1.82) is 0 Å². The molecule has 0 aromatic carbocycles. The van der Waals surface area contributed by atoms with Gasteiger partial charge in [-0.2, -0.15) is 0 Å². The number of hydrogen-bond donors (Lipinski definition) is 1. The summed E-state index contributed by atoms with van der Waals surface area (Å²) < 4.78 is 24.7. The first-order valence-corrected chi connectivity index (χ1v) is 9.01. The van der Waals surface area contributed by atoms with Crippen LogP contribution in [0.3, 0.4) is 0 Å². The molecule has 29 heavy (non-hydrogen) atoms. The number of hydrogen-bond acceptors (Lipinski definition) is 7. The third-order valence-electron chi connectivity index (χ3n) is 4.15. The monoisotopic (exact) mass is 411 g/mol. The lowest BCUT2D eigenvalue weighted by atomic mass is 10.1. The molecule has 0 saturated carbocycles. The smallest absolute Gasteiger partial charge is 0.213 e. The largest absolute Gasteiger partial charge is 0.473 e. The first kappa shape index (κ1) is 18.8. The third kappa shape index (κ3) is 4.33. The Morgan fingerprint density at radius 2 is 2.00 bits per heavy atom. The number of nitrogen functional groups attached to an aromatic ring is 1. The minimum Gasteiger partial charge on any atom is -0.473 e. The molecule has 0 unspecified atom stereocenters. The van der Waals surface area contributed by atoms with Gasteiger partial charge in [-0.25, -0.2) is 19.3 Å². The van der Waals surface area contributed by atoms with Gasteiger partial charge in [-0.1, -0.05) is 22.8 Å². The number of halogens is 2. The van der Waals surface area contributed by atoms with Crippen LogP contribution < -0.4 is 10.5 Å². The lowest BCUT2D eigenvalue weighted by molar-refractivity contribution is 0.287. The van der Waals surface area contributed by atoms with E-state index in [-0.39, 0.29) is 11.8 Å². The third-order valence-corrected chi connectivity index (χ3v) is 4.41. The molecule has 9 heteroatoms.